The van der Waals surface area contributed by atoms with Crippen molar-refractivity contribution in [2.24, 2.45) is 0 Å². The van der Waals surface area contributed by atoms with Gasteiger partial charge in [0.05, 0.1) is 11.5 Å². The number of β-amino-alcohol motifs (C(OH)–C–C–N with tert-alkyl or cyclic N) is 1. The first kappa shape index (κ1) is 13.1. The number of nitrogens with zero attached hydrogens (tertiary/aromatic N) is 2. The molecule has 19 heavy (non-hydrogen) atoms. The van der Waals surface area contributed by atoms with Crippen LogP contribution in [0.1, 0.15) is 26.5 Å². The molecule has 0 bridgehead atoms. The lowest BCUT2D eigenvalue weighted by Crippen LogP contribution is -2.49. The van der Waals surface area contributed by atoms with E-state index in [9.17, 15) is 4.79 Å². The maximum absolute atomic E-state index is 12.4. The summed E-state index contributed by atoms with van der Waals surface area (Å²) in [7, 11) is 0. The molecule has 0 radical (unpaired) electrons. The van der Waals surface area contributed by atoms with Crippen molar-refractivity contribution in [3.63, 3.8) is 0 Å². The SMILES string of the molecule is O=C(c1cc2c(s1)CCC2)N1CCN(CCO)CC1. The molecule has 5 heteroatoms. The third kappa shape index (κ3) is 2.68. The lowest BCUT2D eigenvalue weighted by Gasteiger charge is -2.34. The second kappa shape index (κ2) is 5.61. The highest BCUT2D eigenvalue weighted by Crippen LogP contribution is 2.31. The molecule has 104 valence electrons. The Labute approximate surface area is 117 Å². The predicted molar refractivity (Wildman–Crippen MR) is 75.8 cm³/mol. The van der Waals surface area contributed by atoms with Crippen LogP contribution in [0.25, 0.3) is 0 Å². The summed E-state index contributed by atoms with van der Waals surface area (Å²) in [5, 5.41) is 8.92. The Morgan fingerprint density at radius 2 is 2.05 bits per heavy atom. The van der Waals surface area contributed by atoms with Crippen molar-refractivity contribution >= 4 is 17.2 Å². The van der Waals surface area contributed by atoms with Gasteiger partial charge in [0.25, 0.3) is 5.91 Å². The fraction of sp³-hybridized carbons (Fsp3) is 0.643. The first-order valence-electron chi connectivity index (χ1n) is 7.02. The van der Waals surface area contributed by atoms with Crippen molar-refractivity contribution < 1.29 is 9.90 Å². The van der Waals surface area contributed by atoms with E-state index in [0.29, 0.717) is 0 Å². The van der Waals surface area contributed by atoms with E-state index in [-0.39, 0.29) is 12.5 Å². The van der Waals surface area contributed by atoms with Crippen LogP contribution in [0.2, 0.25) is 0 Å². The van der Waals surface area contributed by atoms with Gasteiger partial charge in [-0.25, -0.2) is 0 Å². The van der Waals surface area contributed by atoms with Gasteiger partial charge in [0.2, 0.25) is 0 Å². The molecule has 3 rings (SSSR count). The van der Waals surface area contributed by atoms with Crippen LogP contribution < -0.4 is 0 Å². The standard InChI is InChI=1S/C14H20N2O2S/c17-9-8-15-4-6-16(7-5-15)14(18)13-10-11-2-1-3-12(11)19-13/h10,17H,1-9H2. The number of hydrogen-bond donors (Lipinski definition) is 1. The lowest BCUT2D eigenvalue weighted by molar-refractivity contribution is 0.0619. The predicted octanol–water partition coefficient (Wildman–Crippen LogP) is 0.987. The summed E-state index contributed by atoms with van der Waals surface area (Å²) in [4.78, 5) is 18.9. The second-order valence-electron chi connectivity index (χ2n) is 5.27. The van der Waals surface area contributed by atoms with Crippen molar-refractivity contribution in [2.45, 2.75) is 19.3 Å². The number of fused-ring (bicyclic) bond motifs is 1. The van der Waals surface area contributed by atoms with Crippen LogP contribution in [-0.2, 0) is 12.8 Å². The number of rotatable bonds is 3. The van der Waals surface area contributed by atoms with Crippen LogP contribution in [0.15, 0.2) is 6.07 Å². The first-order valence-corrected chi connectivity index (χ1v) is 7.83. The van der Waals surface area contributed by atoms with E-state index in [1.54, 1.807) is 11.3 Å². The Morgan fingerprint density at radius 3 is 2.74 bits per heavy atom. The molecule has 0 aromatic carbocycles. The fourth-order valence-corrected chi connectivity index (χ4v) is 4.13. The normalized spacial score (nSPS) is 19.7. The summed E-state index contributed by atoms with van der Waals surface area (Å²) < 4.78 is 0. The van der Waals surface area contributed by atoms with Gasteiger partial charge in [0.1, 0.15) is 0 Å². The molecule has 0 spiro atoms. The van der Waals surface area contributed by atoms with E-state index < -0.39 is 0 Å². The van der Waals surface area contributed by atoms with Crippen LogP contribution in [0, 0.1) is 0 Å². The molecule has 4 nitrogen and oxygen atoms in total. The molecular formula is C14H20N2O2S. The van der Waals surface area contributed by atoms with Gasteiger partial charge in [-0.1, -0.05) is 0 Å². The molecule has 0 unspecified atom stereocenters. The molecule has 2 aliphatic rings. The van der Waals surface area contributed by atoms with Crippen molar-refractivity contribution in [2.75, 3.05) is 39.3 Å². The van der Waals surface area contributed by atoms with Crippen LogP contribution in [0.3, 0.4) is 0 Å². The van der Waals surface area contributed by atoms with Gasteiger partial charge in [-0.2, -0.15) is 0 Å². The van der Waals surface area contributed by atoms with Gasteiger partial charge in [0.15, 0.2) is 0 Å². The minimum Gasteiger partial charge on any atom is -0.395 e. The Morgan fingerprint density at radius 1 is 1.26 bits per heavy atom. The highest BCUT2D eigenvalue weighted by atomic mass is 32.1. The molecule has 2 heterocycles. The third-order valence-electron chi connectivity index (χ3n) is 4.03. The summed E-state index contributed by atoms with van der Waals surface area (Å²) >= 11 is 1.69. The summed E-state index contributed by atoms with van der Waals surface area (Å²) in [6, 6.07) is 2.11. The maximum atomic E-state index is 12.4. The van der Waals surface area contributed by atoms with E-state index in [2.05, 4.69) is 11.0 Å². The number of aliphatic hydroxyl groups is 1. The molecule has 1 aliphatic heterocycles. The number of aryl methyl sites for hydroxylation is 2. The van der Waals surface area contributed by atoms with Crippen LogP contribution in [0.4, 0.5) is 0 Å². The van der Waals surface area contributed by atoms with E-state index >= 15 is 0 Å². The highest BCUT2D eigenvalue weighted by molar-refractivity contribution is 7.14. The number of aliphatic hydroxyl groups excluding tert-OH is 1. The molecule has 1 aromatic rings. The van der Waals surface area contributed by atoms with Gasteiger partial charge in [-0.05, 0) is 30.9 Å². The highest BCUT2D eigenvalue weighted by Gasteiger charge is 2.25. The lowest BCUT2D eigenvalue weighted by atomic mass is 10.2. The molecule has 1 N–H and O–H groups in total. The number of amides is 1. The zero-order chi connectivity index (χ0) is 13.2. The molecule has 1 aliphatic carbocycles. The third-order valence-corrected chi connectivity index (χ3v) is 5.26. The first-order chi connectivity index (χ1) is 9.28. The van der Waals surface area contributed by atoms with Gasteiger partial charge in [-0.3, -0.25) is 9.69 Å². The van der Waals surface area contributed by atoms with E-state index in [4.69, 9.17) is 5.11 Å². The maximum Gasteiger partial charge on any atom is 0.264 e. The Bertz CT molecular complexity index is 443. The van der Waals surface area contributed by atoms with E-state index in [1.807, 2.05) is 4.90 Å². The number of carbonyl (C=O) groups is 1. The van der Waals surface area contributed by atoms with Gasteiger partial charge in [0, 0.05) is 37.6 Å². The van der Waals surface area contributed by atoms with Gasteiger partial charge >= 0.3 is 0 Å². The molecule has 1 aromatic heterocycles. The minimum absolute atomic E-state index is 0.197. The van der Waals surface area contributed by atoms with Crippen molar-refractivity contribution in [1.29, 1.82) is 0 Å². The van der Waals surface area contributed by atoms with Gasteiger partial charge < -0.3 is 10.0 Å². The average molecular weight is 280 g/mol. The van der Waals surface area contributed by atoms with Crippen molar-refractivity contribution in [1.82, 2.24) is 9.80 Å². The Kier molecular flexibility index (Phi) is 3.86. The molecule has 1 fully saturated rings. The number of thiophene rings is 1. The smallest absolute Gasteiger partial charge is 0.264 e. The zero-order valence-corrected chi connectivity index (χ0v) is 11.9. The van der Waals surface area contributed by atoms with Crippen LogP contribution >= 0.6 is 11.3 Å². The zero-order valence-electron chi connectivity index (χ0n) is 11.1. The fourth-order valence-electron chi connectivity index (χ4n) is 2.91. The van der Waals surface area contributed by atoms with Crippen LogP contribution in [0.5, 0.6) is 0 Å². The number of hydrogen-bond acceptors (Lipinski definition) is 4. The summed E-state index contributed by atoms with van der Waals surface area (Å²) in [6.45, 7) is 4.22. The average Bonchev–Trinajstić information content (AvgIpc) is 3.00. The summed E-state index contributed by atoms with van der Waals surface area (Å²) in [6.07, 6.45) is 3.54. The summed E-state index contributed by atoms with van der Waals surface area (Å²) in [5.74, 6) is 0.197. The molecule has 1 saturated heterocycles. The molecule has 1 amide bonds. The Balaban J connectivity index is 1.61. The molecule has 0 atom stereocenters. The minimum atomic E-state index is 0.197. The summed E-state index contributed by atoms with van der Waals surface area (Å²) in [5.41, 5.74) is 1.40. The Hall–Kier alpha value is -0.910. The topological polar surface area (TPSA) is 43.8 Å². The van der Waals surface area contributed by atoms with Crippen molar-refractivity contribution in [3.05, 3.63) is 21.4 Å². The quantitative estimate of drug-likeness (QED) is 0.898. The second-order valence-corrected chi connectivity index (χ2v) is 6.41. The molecular weight excluding hydrogens is 260 g/mol. The monoisotopic (exact) mass is 280 g/mol. The van der Waals surface area contributed by atoms with E-state index in [1.165, 1.54) is 16.9 Å². The van der Waals surface area contributed by atoms with Crippen molar-refractivity contribution in [3.8, 4) is 0 Å². The molecule has 0 saturated carbocycles. The largest absolute Gasteiger partial charge is 0.395 e. The van der Waals surface area contributed by atoms with E-state index in [0.717, 1.165) is 50.4 Å². The number of carbonyl (C=O) groups excluding carboxylic acids is 1. The van der Waals surface area contributed by atoms with Crippen LogP contribution in [-0.4, -0.2) is 60.1 Å². The van der Waals surface area contributed by atoms with Gasteiger partial charge in [-0.15, -0.1) is 11.3 Å². The number of piperazine rings is 1.